The zero-order valence-corrected chi connectivity index (χ0v) is 12.1. The molecule has 1 N–H and O–H groups in total. The van der Waals surface area contributed by atoms with Crippen LogP contribution in [0.3, 0.4) is 0 Å². The number of rotatable bonds is 3. The molecule has 1 aliphatic carbocycles. The second kappa shape index (κ2) is 5.59. The van der Waals surface area contributed by atoms with Crippen LogP contribution < -0.4 is 4.72 Å². The first-order valence-corrected chi connectivity index (χ1v) is 8.16. The number of sulfonamides is 1. The molecule has 3 unspecified atom stereocenters. The second-order valence-electron chi connectivity index (χ2n) is 5.45. The Morgan fingerprint density at radius 2 is 2.00 bits per heavy atom. The standard InChI is InChI=1S/C14H20FNO2S/c1-10-5-3-8-14(11(10)2)16-19(17,18)13-7-4-6-12(15)9-13/h4,6-7,9-11,14,16H,3,5,8H2,1-2H3. The van der Waals surface area contributed by atoms with Gasteiger partial charge in [0.2, 0.25) is 10.0 Å². The number of hydrogen-bond donors (Lipinski definition) is 1. The average Bonchev–Trinajstić information content (AvgIpc) is 2.35. The van der Waals surface area contributed by atoms with Gasteiger partial charge in [-0.25, -0.2) is 17.5 Å². The number of halogens is 1. The Kier molecular flexibility index (Phi) is 4.26. The molecule has 0 bridgehead atoms. The molecule has 1 fully saturated rings. The molecule has 0 radical (unpaired) electrons. The van der Waals surface area contributed by atoms with Gasteiger partial charge in [0.15, 0.2) is 0 Å². The van der Waals surface area contributed by atoms with Crippen LogP contribution >= 0.6 is 0 Å². The van der Waals surface area contributed by atoms with E-state index in [0.29, 0.717) is 11.8 Å². The summed E-state index contributed by atoms with van der Waals surface area (Å²) in [6.45, 7) is 4.22. The molecular formula is C14H20FNO2S. The van der Waals surface area contributed by atoms with Gasteiger partial charge in [0.1, 0.15) is 5.82 Å². The Labute approximate surface area is 114 Å². The quantitative estimate of drug-likeness (QED) is 0.928. The number of nitrogens with one attached hydrogen (secondary N) is 1. The molecule has 1 aliphatic rings. The molecule has 0 aliphatic heterocycles. The van der Waals surface area contributed by atoms with E-state index in [1.54, 1.807) is 0 Å². The summed E-state index contributed by atoms with van der Waals surface area (Å²) in [5, 5.41) is 0. The van der Waals surface area contributed by atoms with Gasteiger partial charge in [-0.15, -0.1) is 0 Å². The van der Waals surface area contributed by atoms with Gasteiger partial charge in [-0.05, 0) is 36.5 Å². The van der Waals surface area contributed by atoms with Crippen LogP contribution in [0.2, 0.25) is 0 Å². The predicted molar refractivity (Wildman–Crippen MR) is 72.7 cm³/mol. The van der Waals surface area contributed by atoms with Crippen molar-refractivity contribution in [3.63, 3.8) is 0 Å². The summed E-state index contributed by atoms with van der Waals surface area (Å²) in [4.78, 5) is -0.00192. The van der Waals surface area contributed by atoms with E-state index >= 15 is 0 Å². The molecule has 3 nitrogen and oxygen atoms in total. The van der Waals surface area contributed by atoms with Crippen molar-refractivity contribution in [2.75, 3.05) is 0 Å². The van der Waals surface area contributed by atoms with E-state index in [-0.39, 0.29) is 10.9 Å². The van der Waals surface area contributed by atoms with Gasteiger partial charge in [-0.2, -0.15) is 0 Å². The molecule has 3 atom stereocenters. The van der Waals surface area contributed by atoms with Crippen LogP contribution in [-0.4, -0.2) is 14.5 Å². The maximum Gasteiger partial charge on any atom is 0.240 e. The molecular weight excluding hydrogens is 265 g/mol. The van der Waals surface area contributed by atoms with Crippen LogP contribution in [0, 0.1) is 17.7 Å². The van der Waals surface area contributed by atoms with Gasteiger partial charge in [0.05, 0.1) is 4.90 Å². The predicted octanol–water partition coefficient (Wildman–Crippen LogP) is 2.93. The fourth-order valence-electron chi connectivity index (χ4n) is 2.65. The Morgan fingerprint density at radius 3 is 2.68 bits per heavy atom. The van der Waals surface area contributed by atoms with Crippen molar-refractivity contribution in [2.45, 2.75) is 44.0 Å². The Hall–Kier alpha value is -0.940. The molecule has 0 amide bonds. The fraction of sp³-hybridized carbons (Fsp3) is 0.571. The van der Waals surface area contributed by atoms with Crippen LogP contribution in [0.1, 0.15) is 33.1 Å². The summed E-state index contributed by atoms with van der Waals surface area (Å²) in [7, 11) is -3.63. The van der Waals surface area contributed by atoms with Crippen LogP contribution in [0.25, 0.3) is 0 Å². The van der Waals surface area contributed by atoms with E-state index in [0.717, 1.165) is 25.3 Å². The molecule has 19 heavy (non-hydrogen) atoms. The highest BCUT2D eigenvalue weighted by atomic mass is 32.2. The topological polar surface area (TPSA) is 46.2 Å². The first-order valence-electron chi connectivity index (χ1n) is 6.68. The van der Waals surface area contributed by atoms with Gasteiger partial charge in [-0.1, -0.05) is 32.8 Å². The SMILES string of the molecule is CC1CCCC(NS(=O)(=O)c2cccc(F)c2)C1C. The minimum Gasteiger partial charge on any atom is -0.208 e. The minimum absolute atomic E-state index is 0.00192. The maximum atomic E-state index is 13.1. The van der Waals surface area contributed by atoms with Crippen molar-refractivity contribution in [3.05, 3.63) is 30.1 Å². The van der Waals surface area contributed by atoms with Crippen LogP contribution in [-0.2, 0) is 10.0 Å². The zero-order valence-electron chi connectivity index (χ0n) is 11.3. The lowest BCUT2D eigenvalue weighted by atomic mass is 9.78. The molecule has 0 heterocycles. The lowest BCUT2D eigenvalue weighted by Gasteiger charge is -2.34. The highest BCUT2D eigenvalue weighted by Gasteiger charge is 2.30. The highest BCUT2D eigenvalue weighted by Crippen LogP contribution is 2.30. The third kappa shape index (κ3) is 3.34. The highest BCUT2D eigenvalue weighted by molar-refractivity contribution is 7.89. The summed E-state index contributed by atoms with van der Waals surface area (Å²) in [5.74, 6) is 0.277. The van der Waals surface area contributed by atoms with E-state index in [1.807, 2.05) is 0 Å². The molecule has 1 aromatic carbocycles. The van der Waals surface area contributed by atoms with Gasteiger partial charge in [0, 0.05) is 6.04 Å². The number of benzene rings is 1. The zero-order chi connectivity index (χ0) is 14.0. The van der Waals surface area contributed by atoms with Gasteiger partial charge >= 0.3 is 0 Å². The van der Waals surface area contributed by atoms with Crippen molar-refractivity contribution in [1.82, 2.24) is 4.72 Å². The lowest BCUT2D eigenvalue weighted by Crippen LogP contribution is -2.43. The second-order valence-corrected chi connectivity index (χ2v) is 7.17. The molecule has 0 aromatic heterocycles. The molecule has 106 valence electrons. The lowest BCUT2D eigenvalue weighted by molar-refractivity contribution is 0.227. The van der Waals surface area contributed by atoms with Crippen molar-refractivity contribution in [1.29, 1.82) is 0 Å². The Morgan fingerprint density at radius 1 is 1.26 bits per heavy atom. The fourth-order valence-corrected chi connectivity index (χ4v) is 4.04. The summed E-state index contributed by atoms with van der Waals surface area (Å²) in [6, 6.07) is 5.07. The largest absolute Gasteiger partial charge is 0.240 e. The van der Waals surface area contributed by atoms with E-state index in [2.05, 4.69) is 18.6 Å². The molecule has 1 saturated carbocycles. The van der Waals surface area contributed by atoms with Crippen molar-refractivity contribution < 1.29 is 12.8 Å². The van der Waals surface area contributed by atoms with Crippen molar-refractivity contribution >= 4 is 10.0 Å². The van der Waals surface area contributed by atoms with E-state index in [9.17, 15) is 12.8 Å². The average molecular weight is 285 g/mol. The van der Waals surface area contributed by atoms with Gasteiger partial charge in [0.25, 0.3) is 0 Å². The Balaban J connectivity index is 2.17. The molecule has 5 heteroatoms. The Bertz CT molecular complexity index is 544. The summed E-state index contributed by atoms with van der Waals surface area (Å²) >= 11 is 0. The van der Waals surface area contributed by atoms with E-state index in [1.165, 1.54) is 18.2 Å². The third-order valence-corrected chi connectivity index (χ3v) is 5.61. The van der Waals surface area contributed by atoms with Crippen molar-refractivity contribution in [2.24, 2.45) is 11.8 Å². The molecule has 1 aromatic rings. The number of hydrogen-bond acceptors (Lipinski definition) is 2. The van der Waals surface area contributed by atoms with Crippen molar-refractivity contribution in [3.8, 4) is 0 Å². The first kappa shape index (κ1) is 14.5. The van der Waals surface area contributed by atoms with Crippen LogP contribution in [0.15, 0.2) is 29.2 Å². The maximum absolute atomic E-state index is 13.1. The normalized spacial score (nSPS) is 28.3. The van der Waals surface area contributed by atoms with Gasteiger partial charge < -0.3 is 0 Å². The summed E-state index contributed by atoms with van der Waals surface area (Å²) in [5.41, 5.74) is 0. The van der Waals surface area contributed by atoms with E-state index in [4.69, 9.17) is 0 Å². The third-order valence-electron chi connectivity index (χ3n) is 4.12. The van der Waals surface area contributed by atoms with Crippen LogP contribution in [0.4, 0.5) is 4.39 Å². The first-order chi connectivity index (χ1) is 8.90. The molecule has 2 rings (SSSR count). The molecule has 0 saturated heterocycles. The minimum atomic E-state index is -3.63. The van der Waals surface area contributed by atoms with Crippen LogP contribution in [0.5, 0.6) is 0 Å². The monoisotopic (exact) mass is 285 g/mol. The summed E-state index contributed by atoms with van der Waals surface area (Å²) in [6.07, 6.45) is 3.02. The summed E-state index contributed by atoms with van der Waals surface area (Å²) < 4.78 is 40.3. The molecule has 0 spiro atoms. The van der Waals surface area contributed by atoms with Gasteiger partial charge in [-0.3, -0.25) is 0 Å². The smallest absolute Gasteiger partial charge is 0.208 e. The van der Waals surface area contributed by atoms with E-state index < -0.39 is 15.8 Å².